The lowest BCUT2D eigenvalue weighted by Gasteiger charge is -2.29. The Hall–Kier alpha value is -1.54. The second kappa shape index (κ2) is 45.6. The smallest absolute Gasteiger partial charge is 0.268 e. The van der Waals surface area contributed by atoms with Crippen molar-refractivity contribution in [1.82, 2.24) is 5.32 Å². The highest BCUT2D eigenvalue weighted by Gasteiger charge is 2.23. The molecular formula is C54H103N2O6P. The number of amides is 1. The van der Waals surface area contributed by atoms with E-state index < -0.39 is 26.6 Å². The number of hydrogen-bond donors (Lipinski definition) is 2. The van der Waals surface area contributed by atoms with Crippen LogP contribution in [0.25, 0.3) is 0 Å². The molecule has 0 fully saturated rings. The fourth-order valence-corrected chi connectivity index (χ4v) is 8.28. The van der Waals surface area contributed by atoms with Gasteiger partial charge in [0.1, 0.15) is 13.2 Å². The number of nitrogens with one attached hydrogen (secondary N) is 1. The van der Waals surface area contributed by atoms with Gasteiger partial charge in [0.15, 0.2) is 0 Å². The Labute approximate surface area is 390 Å². The van der Waals surface area contributed by atoms with Gasteiger partial charge >= 0.3 is 0 Å². The quantitative estimate of drug-likeness (QED) is 0.0272. The molecule has 0 heterocycles. The average Bonchev–Trinajstić information content (AvgIpc) is 3.24. The molecule has 0 aliphatic rings. The maximum Gasteiger partial charge on any atom is 0.268 e. The van der Waals surface area contributed by atoms with E-state index in [1.807, 2.05) is 27.2 Å². The molecule has 3 unspecified atom stereocenters. The van der Waals surface area contributed by atoms with Gasteiger partial charge in [-0.1, -0.05) is 217 Å². The molecule has 0 aliphatic carbocycles. The number of likely N-dealkylation sites (N-methyl/N-ethyl adjacent to an activating group) is 1. The molecule has 0 aromatic carbocycles. The number of rotatable bonds is 48. The van der Waals surface area contributed by atoms with Crippen LogP contribution in [0.2, 0.25) is 0 Å². The molecule has 1 amide bonds. The summed E-state index contributed by atoms with van der Waals surface area (Å²) in [4.78, 5) is 25.4. The zero-order valence-corrected chi connectivity index (χ0v) is 42.9. The van der Waals surface area contributed by atoms with E-state index in [-0.39, 0.29) is 12.5 Å². The number of allylic oxidation sites excluding steroid dienone is 7. The fraction of sp³-hybridized carbons (Fsp3) is 0.833. The number of aliphatic hydroxyl groups excluding tert-OH is 1. The molecule has 0 aliphatic heterocycles. The summed E-state index contributed by atoms with van der Waals surface area (Å²) in [6.07, 6.45) is 58.9. The summed E-state index contributed by atoms with van der Waals surface area (Å²) in [7, 11) is 1.24. The van der Waals surface area contributed by atoms with Crippen LogP contribution in [0.1, 0.15) is 239 Å². The van der Waals surface area contributed by atoms with Crippen LogP contribution < -0.4 is 10.2 Å². The second-order valence-electron chi connectivity index (χ2n) is 19.2. The molecule has 0 spiro atoms. The van der Waals surface area contributed by atoms with Crippen molar-refractivity contribution in [1.29, 1.82) is 0 Å². The second-order valence-corrected chi connectivity index (χ2v) is 20.6. The maximum absolute atomic E-state index is 12.9. The SMILES string of the molecule is CCCCC/C=C\C/C=C\CCCCCCCCCC(=O)NC(COP(=O)([O-])OCC[N+](C)(C)C)C(O)/C=C/CC/C=C/CCCCCCCCCCCCCCCCCCCC. The minimum absolute atomic E-state index is 0.00894. The molecule has 0 aromatic heterocycles. The number of phosphoric ester groups is 1. The summed E-state index contributed by atoms with van der Waals surface area (Å²) < 4.78 is 23.3. The first-order chi connectivity index (χ1) is 30.5. The number of phosphoric acid groups is 1. The van der Waals surface area contributed by atoms with E-state index in [9.17, 15) is 19.4 Å². The monoisotopic (exact) mass is 907 g/mol. The van der Waals surface area contributed by atoms with Gasteiger partial charge in [-0.3, -0.25) is 9.36 Å². The molecule has 8 nitrogen and oxygen atoms in total. The zero-order valence-electron chi connectivity index (χ0n) is 42.0. The van der Waals surface area contributed by atoms with Crippen molar-refractivity contribution >= 4 is 13.7 Å². The highest BCUT2D eigenvalue weighted by molar-refractivity contribution is 7.45. The Kier molecular flexibility index (Phi) is 44.5. The highest BCUT2D eigenvalue weighted by Crippen LogP contribution is 2.38. The van der Waals surface area contributed by atoms with Gasteiger partial charge in [0.05, 0.1) is 39.9 Å². The molecule has 0 bridgehead atoms. The van der Waals surface area contributed by atoms with Gasteiger partial charge in [-0.15, -0.1) is 0 Å². The molecule has 0 aromatic rings. The van der Waals surface area contributed by atoms with Crippen LogP contribution in [0.3, 0.4) is 0 Å². The van der Waals surface area contributed by atoms with Gasteiger partial charge in [-0.2, -0.15) is 0 Å². The number of carbonyl (C=O) groups is 1. The summed E-state index contributed by atoms with van der Waals surface area (Å²) >= 11 is 0. The van der Waals surface area contributed by atoms with Crippen LogP contribution >= 0.6 is 7.82 Å². The van der Waals surface area contributed by atoms with Gasteiger partial charge in [-0.25, -0.2) is 0 Å². The molecule has 0 rings (SSSR count). The lowest BCUT2D eigenvalue weighted by Crippen LogP contribution is -2.45. The molecule has 3 atom stereocenters. The third kappa shape index (κ3) is 48.2. The van der Waals surface area contributed by atoms with Crippen molar-refractivity contribution in [3.63, 3.8) is 0 Å². The first-order valence-corrected chi connectivity index (χ1v) is 28.0. The Balaban J connectivity index is 4.33. The van der Waals surface area contributed by atoms with Crippen LogP contribution in [0.4, 0.5) is 0 Å². The van der Waals surface area contributed by atoms with Gasteiger partial charge in [0.25, 0.3) is 7.82 Å². The van der Waals surface area contributed by atoms with E-state index in [1.165, 1.54) is 161 Å². The number of hydrogen-bond acceptors (Lipinski definition) is 6. The largest absolute Gasteiger partial charge is 0.756 e. The van der Waals surface area contributed by atoms with Crippen molar-refractivity contribution in [2.75, 3.05) is 40.9 Å². The minimum Gasteiger partial charge on any atom is -0.756 e. The standard InChI is InChI=1S/C54H103N2O6P/c1-6-8-10-12-14-16-18-20-22-24-25-26-27-28-29-30-32-33-35-37-39-41-43-45-47-53(57)52(51-62-63(59,60)61-50-49-56(3,4)5)55-54(58)48-46-44-42-40-38-36-34-31-23-21-19-17-15-13-11-9-7-2/h15,17,21,23,37,39,45,47,52-53,57H,6-14,16,18-20,22,24-36,38,40-44,46,48-51H2,1-5H3,(H-,55,58,59,60)/b17-15-,23-21-,39-37+,47-45+. The minimum atomic E-state index is -4.60. The van der Waals surface area contributed by atoms with Gasteiger partial charge in [-0.05, 0) is 64.2 Å². The lowest BCUT2D eigenvalue weighted by molar-refractivity contribution is -0.870. The van der Waals surface area contributed by atoms with E-state index in [4.69, 9.17) is 9.05 Å². The Morgan fingerprint density at radius 3 is 1.41 bits per heavy atom. The maximum atomic E-state index is 12.9. The van der Waals surface area contributed by atoms with Crippen molar-refractivity contribution in [2.45, 2.75) is 251 Å². The van der Waals surface area contributed by atoms with Crippen molar-refractivity contribution < 1.29 is 32.9 Å². The molecule has 0 radical (unpaired) electrons. The van der Waals surface area contributed by atoms with Crippen molar-refractivity contribution in [3.05, 3.63) is 48.6 Å². The summed E-state index contributed by atoms with van der Waals surface area (Å²) in [5.41, 5.74) is 0. The Morgan fingerprint density at radius 2 is 0.937 bits per heavy atom. The molecule has 63 heavy (non-hydrogen) atoms. The topological polar surface area (TPSA) is 108 Å². The predicted molar refractivity (Wildman–Crippen MR) is 270 cm³/mol. The summed E-state index contributed by atoms with van der Waals surface area (Å²) in [6, 6.07) is -0.908. The molecule has 0 saturated heterocycles. The first kappa shape index (κ1) is 61.5. The van der Waals surface area contributed by atoms with E-state index in [0.717, 1.165) is 57.8 Å². The Morgan fingerprint density at radius 1 is 0.556 bits per heavy atom. The molecule has 2 N–H and O–H groups in total. The van der Waals surface area contributed by atoms with E-state index in [2.05, 4.69) is 55.6 Å². The molecular weight excluding hydrogens is 804 g/mol. The van der Waals surface area contributed by atoms with Crippen LogP contribution in [0.5, 0.6) is 0 Å². The molecule has 9 heteroatoms. The number of carbonyl (C=O) groups excluding carboxylic acids is 1. The van der Waals surface area contributed by atoms with E-state index >= 15 is 0 Å². The van der Waals surface area contributed by atoms with Crippen molar-refractivity contribution in [3.8, 4) is 0 Å². The normalized spacial score (nSPS) is 14.5. The molecule has 370 valence electrons. The van der Waals surface area contributed by atoms with Gasteiger partial charge < -0.3 is 28.8 Å². The number of nitrogens with zero attached hydrogens (tertiary/aromatic N) is 1. The van der Waals surface area contributed by atoms with Crippen molar-refractivity contribution in [2.24, 2.45) is 0 Å². The summed E-state index contributed by atoms with van der Waals surface area (Å²) in [6.45, 7) is 4.61. The lowest BCUT2D eigenvalue weighted by atomic mass is 10.0. The first-order valence-electron chi connectivity index (χ1n) is 26.5. The third-order valence-corrected chi connectivity index (χ3v) is 12.7. The fourth-order valence-electron chi connectivity index (χ4n) is 7.55. The predicted octanol–water partition coefficient (Wildman–Crippen LogP) is 15.0. The number of aliphatic hydroxyl groups is 1. The zero-order chi connectivity index (χ0) is 46.4. The average molecular weight is 907 g/mol. The van der Waals surface area contributed by atoms with Crippen LogP contribution in [0.15, 0.2) is 48.6 Å². The van der Waals surface area contributed by atoms with Crippen LogP contribution in [0, 0.1) is 0 Å². The Bertz CT molecular complexity index is 1170. The summed E-state index contributed by atoms with van der Waals surface area (Å²) in [5, 5.41) is 13.8. The summed E-state index contributed by atoms with van der Waals surface area (Å²) in [5.74, 6) is -0.215. The van der Waals surface area contributed by atoms with E-state index in [0.29, 0.717) is 17.4 Å². The number of unbranched alkanes of at least 4 members (excludes halogenated alkanes) is 29. The third-order valence-electron chi connectivity index (χ3n) is 11.8. The highest BCUT2D eigenvalue weighted by atomic mass is 31.2. The van der Waals surface area contributed by atoms with E-state index in [1.54, 1.807) is 6.08 Å². The van der Waals surface area contributed by atoms with Crippen LogP contribution in [-0.2, 0) is 18.4 Å². The number of quaternary nitrogens is 1. The molecule has 0 saturated carbocycles. The van der Waals surface area contributed by atoms with Gasteiger partial charge in [0.2, 0.25) is 5.91 Å². The van der Waals surface area contributed by atoms with Gasteiger partial charge in [0, 0.05) is 6.42 Å². The van der Waals surface area contributed by atoms with Crippen LogP contribution in [-0.4, -0.2) is 68.5 Å².